The lowest BCUT2D eigenvalue weighted by molar-refractivity contribution is -0.137. The van der Waals surface area contributed by atoms with Crippen molar-refractivity contribution in [2.75, 3.05) is 22.8 Å². The van der Waals surface area contributed by atoms with E-state index in [1.807, 2.05) is 18.9 Å². The van der Waals surface area contributed by atoms with E-state index in [9.17, 15) is 26.0 Å². The van der Waals surface area contributed by atoms with Crippen molar-refractivity contribution in [3.05, 3.63) is 88.2 Å². The summed E-state index contributed by atoms with van der Waals surface area (Å²) in [6.07, 6.45) is -1.50. The molecule has 3 aromatic carbocycles. The Kier molecular flexibility index (Phi) is 7.81. The van der Waals surface area contributed by atoms with Crippen LogP contribution in [0.15, 0.2) is 65.6 Å². The molecule has 0 aromatic heterocycles. The van der Waals surface area contributed by atoms with Crippen LogP contribution in [0.1, 0.15) is 43.4 Å². The number of rotatable bonds is 6. The van der Waals surface area contributed by atoms with Crippen LogP contribution in [0.25, 0.3) is 11.6 Å². The Morgan fingerprint density at radius 2 is 1.79 bits per heavy atom. The summed E-state index contributed by atoms with van der Waals surface area (Å²) in [5.41, 5.74) is 1.29. The highest BCUT2D eigenvalue weighted by Gasteiger charge is 2.37. The van der Waals surface area contributed by atoms with Gasteiger partial charge in [-0.1, -0.05) is 49.2 Å². The molecule has 0 unspecified atom stereocenters. The van der Waals surface area contributed by atoms with Crippen LogP contribution in [0.4, 0.5) is 28.9 Å². The maximum atomic E-state index is 14.5. The molecule has 0 radical (unpaired) electrons. The number of alkyl halides is 3. The number of benzene rings is 3. The topological polar surface area (TPSA) is 40.6 Å². The van der Waals surface area contributed by atoms with Crippen molar-refractivity contribution < 1.29 is 26.0 Å². The molecule has 4 rings (SSSR count). The standard InChI is InChI=1S/C28H27ClF4N2O2S/c1-4-7-21-17-35(38(36,37)22-9-5-8-20(16-22)28(31,32)33)26-15-19(12-13-25(26)34(21)3)14-18(2)27-23(29)10-6-11-24(27)30/h5-6,8-16,21H,4,7,17H2,1-3H3/b18-14+/t21-/m0/s1. The van der Waals surface area contributed by atoms with E-state index in [0.717, 1.165) is 18.6 Å². The van der Waals surface area contributed by atoms with Gasteiger partial charge in [0, 0.05) is 18.7 Å². The van der Waals surface area contributed by atoms with Gasteiger partial charge in [0.25, 0.3) is 10.0 Å². The molecule has 38 heavy (non-hydrogen) atoms. The fourth-order valence-electron chi connectivity index (χ4n) is 4.74. The molecule has 0 spiro atoms. The van der Waals surface area contributed by atoms with E-state index in [0.29, 0.717) is 35.0 Å². The van der Waals surface area contributed by atoms with E-state index >= 15 is 0 Å². The summed E-state index contributed by atoms with van der Waals surface area (Å²) in [5, 5.41) is 0.243. The van der Waals surface area contributed by atoms with Crippen molar-refractivity contribution in [3.8, 4) is 0 Å². The van der Waals surface area contributed by atoms with E-state index in [2.05, 4.69) is 0 Å². The fourth-order valence-corrected chi connectivity index (χ4v) is 6.61. The first-order valence-corrected chi connectivity index (χ1v) is 13.9. The second-order valence-corrected chi connectivity index (χ2v) is 11.6. The largest absolute Gasteiger partial charge is 0.416 e. The maximum absolute atomic E-state index is 14.5. The highest BCUT2D eigenvalue weighted by Crippen LogP contribution is 2.41. The molecule has 0 bridgehead atoms. The van der Waals surface area contributed by atoms with Gasteiger partial charge in [-0.3, -0.25) is 4.31 Å². The van der Waals surface area contributed by atoms with Crippen molar-refractivity contribution >= 4 is 44.6 Å². The molecule has 0 amide bonds. The fraction of sp³-hybridized carbons (Fsp3) is 0.286. The zero-order valence-corrected chi connectivity index (χ0v) is 22.6. The molecule has 0 saturated carbocycles. The molecule has 0 N–H and O–H groups in total. The summed E-state index contributed by atoms with van der Waals surface area (Å²) < 4.78 is 83.3. The predicted octanol–water partition coefficient (Wildman–Crippen LogP) is 7.87. The Labute approximate surface area is 225 Å². The van der Waals surface area contributed by atoms with Crippen LogP contribution in [0.5, 0.6) is 0 Å². The zero-order valence-electron chi connectivity index (χ0n) is 21.1. The van der Waals surface area contributed by atoms with Gasteiger partial charge >= 0.3 is 6.18 Å². The summed E-state index contributed by atoms with van der Waals surface area (Å²) in [5.74, 6) is -0.486. The van der Waals surface area contributed by atoms with Crippen molar-refractivity contribution in [2.24, 2.45) is 0 Å². The lowest BCUT2D eigenvalue weighted by Gasteiger charge is -2.42. The lowest BCUT2D eigenvalue weighted by Crippen LogP contribution is -2.49. The first-order valence-electron chi connectivity index (χ1n) is 12.0. The van der Waals surface area contributed by atoms with E-state index < -0.39 is 32.5 Å². The minimum Gasteiger partial charge on any atom is -0.368 e. The summed E-state index contributed by atoms with van der Waals surface area (Å²) in [6, 6.07) is 13.2. The van der Waals surface area contributed by atoms with Crippen molar-refractivity contribution in [3.63, 3.8) is 0 Å². The lowest BCUT2D eigenvalue weighted by atomic mass is 10.0. The molecule has 0 saturated heterocycles. The van der Waals surface area contributed by atoms with E-state index in [1.54, 1.807) is 37.3 Å². The summed E-state index contributed by atoms with van der Waals surface area (Å²) in [4.78, 5) is 1.55. The van der Waals surface area contributed by atoms with Crippen LogP contribution in [0, 0.1) is 5.82 Å². The third-order valence-electron chi connectivity index (χ3n) is 6.68. The molecule has 1 aliphatic heterocycles. The minimum atomic E-state index is -4.68. The van der Waals surface area contributed by atoms with Crippen molar-refractivity contribution in [1.82, 2.24) is 0 Å². The second-order valence-electron chi connectivity index (χ2n) is 9.29. The molecule has 3 aromatic rings. The van der Waals surface area contributed by atoms with Gasteiger partial charge < -0.3 is 4.90 Å². The number of anilines is 2. The van der Waals surface area contributed by atoms with E-state index in [-0.39, 0.29) is 23.2 Å². The molecule has 0 aliphatic carbocycles. The van der Waals surface area contributed by atoms with Crippen LogP contribution in [-0.2, 0) is 16.2 Å². The second kappa shape index (κ2) is 10.6. The molecule has 0 fully saturated rings. The molecule has 4 nitrogen and oxygen atoms in total. The molecular weight excluding hydrogens is 540 g/mol. The van der Waals surface area contributed by atoms with Crippen molar-refractivity contribution in [1.29, 1.82) is 0 Å². The third-order valence-corrected chi connectivity index (χ3v) is 8.77. The van der Waals surface area contributed by atoms with Gasteiger partial charge in [0.1, 0.15) is 5.82 Å². The average molecular weight is 567 g/mol. The Balaban J connectivity index is 1.84. The smallest absolute Gasteiger partial charge is 0.368 e. The number of likely N-dealkylation sites (N-methyl/N-ethyl adjacent to an activating group) is 1. The van der Waals surface area contributed by atoms with Gasteiger partial charge in [-0.25, -0.2) is 12.8 Å². The third kappa shape index (κ3) is 5.40. The van der Waals surface area contributed by atoms with Crippen LogP contribution >= 0.6 is 11.6 Å². The van der Waals surface area contributed by atoms with Crippen LogP contribution in [-0.4, -0.2) is 28.1 Å². The Morgan fingerprint density at radius 1 is 1.08 bits per heavy atom. The molecule has 202 valence electrons. The number of fused-ring (bicyclic) bond motifs is 1. The van der Waals surface area contributed by atoms with Gasteiger partial charge in [0.05, 0.1) is 33.4 Å². The number of hydrogen-bond donors (Lipinski definition) is 0. The number of allylic oxidation sites excluding steroid dienone is 1. The quantitative estimate of drug-likeness (QED) is 0.225. The first-order chi connectivity index (χ1) is 17.8. The van der Waals surface area contributed by atoms with Gasteiger partial charge in [-0.15, -0.1) is 0 Å². The van der Waals surface area contributed by atoms with Crippen LogP contribution < -0.4 is 9.21 Å². The van der Waals surface area contributed by atoms with E-state index in [1.165, 1.54) is 22.5 Å². The van der Waals surface area contributed by atoms with Crippen molar-refractivity contribution in [2.45, 2.75) is 43.8 Å². The number of nitrogens with zero attached hydrogens (tertiary/aromatic N) is 2. The highest BCUT2D eigenvalue weighted by molar-refractivity contribution is 7.92. The van der Waals surface area contributed by atoms with Gasteiger partial charge in [0.15, 0.2) is 0 Å². The number of sulfonamides is 1. The summed E-state index contributed by atoms with van der Waals surface area (Å²) in [6.45, 7) is 3.75. The minimum absolute atomic E-state index is 0.0706. The van der Waals surface area contributed by atoms with Gasteiger partial charge in [-0.05, 0) is 66.9 Å². The molecular formula is C28H27ClF4N2O2S. The SMILES string of the molecule is CCC[C@H]1CN(S(=O)(=O)c2cccc(C(F)(F)F)c2)c2cc(/C=C(\C)c3c(F)cccc3Cl)ccc2N1C. The average Bonchev–Trinajstić information content (AvgIpc) is 2.85. The van der Waals surface area contributed by atoms with Crippen LogP contribution in [0.3, 0.4) is 0 Å². The van der Waals surface area contributed by atoms with Crippen LogP contribution in [0.2, 0.25) is 5.02 Å². The van der Waals surface area contributed by atoms with Gasteiger partial charge in [-0.2, -0.15) is 13.2 Å². The number of hydrogen-bond acceptors (Lipinski definition) is 3. The molecule has 10 heteroatoms. The number of halogens is 5. The molecule has 1 atom stereocenters. The predicted molar refractivity (Wildman–Crippen MR) is 144 cm³/mol. The first kappa shape index (κ1) is 28.0. The Bertz CT molecular complexity index is 1470. The molecule has 1 heterocycles. The zero-order chi connectivity index (χ0) is 27.8. The Hall–Kier alpha value is -3.04. The highest BCUT2D eigenvalue weighted by atomic mass is 35.5. The van der Waals surface area contributed by atoms with E-state index in [4.69, 9.17) is 11.6 Å². The monoisotopic (exact) mass is 566 g/mol. The summed E-state index contributed by atoms with van der Waals surface area (Å²) >= 11 is 6.21. The Morgan fingerprint density at radius 3 is 2.45 bits per heavy atom. The van der Waals surface area contributed by atoms with Gasteiger partial charge in [0.2, 0.25) is 0 Å². The summed E-state index contributed by atoms with van der Waals surface area (Å²) in [7, 11) is -2.47. The maximum Gasteiger partial charge on any atom is 0.416 e. The molecule has 1 aliphatic rings. The normalized spacial score (nSPS) is 16.5.